The molecule has 0 unspecified atom stereocenters. The van der Waals surface area contributed by atoms with Gasteiger partial charge in [-0.1, -0.05) is 31.9 Å². The van der Waals surface area contributed by atoms with Crippen LogP contribution >= 0.6 is 0 Å². The van der Waals surface area contributed by atoms with Crippen molar-refractivity contribution in [2.24, 2.45) is 5.41 Å². The molecule has 1 aromatic carbocycles. The topological polar surface area (TPSA) is 30.9 Å². The number of benzene rings is 1. The number of nitrogens with zero attached hydrogens (tertiary/aromatic N) is 1. The second kappa shape index (κ2) is 9.09. The summed E-state index contributed by atoms with van der Waals surface area (Å²) in [6, 6.07) is 6.27. The van der Waals surface area contributed by atoms with Gasteiger partial charge >= 0.3 is 0 Å². The van der Waals surface area contributed by atoms with Gasteiger partial charge in [0.1, 0.15) is 0 Å². The maximum atomic E-state index is 6.12. The summed E-state index contributed by atoms with van der Waals surface area (Å²) < 4.78 is 17.6. The van der Waals surface area contributed by atoms with Crippen molar-refractivity contribution in [3.8, 4) is 11.5 Å². The summed E-state index contributed by atoms with van der Waals surface area (Å²) >= 11 is 0. The minimum Gasteiger partial charge on any atom is -0.493 e. The Morgan fingerprint density at radius 3 is 2.81 bits per heavy atom. The largest absolute Gasteiger partial charge is 0.493 e. The molecule has 1 aliphatic carbocycles. The van der Waals surface area contributed by atoms with Crippen molar-refractivity contribution in [3.05, 3.63) is 23.8 Å². The Bertz CT molecular complexity index is 577. The van der Waals surface area contributed by atoms with E-state index < -0.39 is 0 Å². The van der Waals surface area contributed by atoms with Gasteiger partial charge in [0.15, 0.2) is 11.5 Å². The predicted molar refractivity (Wildman–Crippen MR) is 105 cm³/mol. The predicted octanol–water partition coefficient (Wildman–Crippen LogP) is 4.66. The molecule has 1 heterocycles. The first-order valence-corrected chi connectivity index (χ1v) is 10.3. The molecule has 1 saturated heterocycles. The lowest BCUT2D eigenvalue weighted by Gasteiger charge is -2.43. The Morgan fingerprint density at radius 2 is 2.04 bits per heavy atom. The van der Waals surface area contributed by atoms with Crippen LogP contribution in [0.15, 0.2) is 18.2 Å². The summed E-state index contributed by atoms with van der Waals surface area (Å²) in [6.45, 7) is 6.16. The van der Waals surface area contributed by atoms with Crippen molar-refractivity contribution in [1.82, 2.24) is 4.90 Å². The first-order chi connectivity index (χ1) is 12.7. The van der Waals surface area contributed by atoms with E-state index in [0.29, 0.717) is 11.5 Å². The molecule has 1 spiro atoms. The molecule has 2 fully saturated rings. The lowest BCUT2D eigenvalue weighted by molar-refractivity contribution is -0.0367. The van der Waals surface area contributed by atoms with Gasteiger partial charge in [0.05, 0.1) is 19.8 Å². The molecule has 0 amide bonds. The van der Waals surface area contributed by atoms with Crippen molar-refractivity contribution >= 4 is 0 Å². The average molecular weight is 362 g/mol. The van der Waals surface area contributed by atoms with E-state index in [9.17, 15) is 0 Å². The van der Waals surface area contributed by atoms with Gasteiger partial charge in [0.2, 0.25) is 0 Å². The molecule has 0 bridgehead atoms. The molecule has 0 radical (unpaired) electrons. The van der Waals surface area contributed by atoms with Crippen LogP contribution in [0, 0.1) is 5.41 Å². The molecule has 4 heteroatoms. The number of ether oxygens (including phenoxy) is 3. The van der Waals surface area contributed by atoms with Gasteiger partial charge in [0.25, 0.3) is 0 Å². The molecule has 146 valence electrons. The average Bonchev–Trinajstić information content (AvgIpc) is 3.04. The highest BCUT2D eigenvalue weighted by molar-refractivity contribution is 5.46. The zero-order chi connectivity index (χ0) is 18.4. The van der Waals surface area contributed by atoms with Crippen LogP contribution in [0.2, 0.25) is 0 Å². The zero-order valence-corrected chi connectivity index (χ0v) is 16.8. The Kier molecular flexibility index (Phi) is 6.82. The fourth-order valence-corrected chi connectivity index (χ4v) is 4.90. The molecule has 0 N–H and O–H groups in total. The fourth-order valence-electron chi connectivity index (χ4n) is 4.90. The first-order valence-electron chi connectivity index (χ1n) is 10.3. The third-order valence-corrected chi connectivity index (χ3v) is 6.21. The van der Waals surface area contributed by atoms with Crippen LogP contribution in [0.1, 0.15) is 57.4 Å². The van der Waals surface area contributed by atoms with E-state index in [0.717, 1.165) is 50.6 Å². The van der Waals surface area contributed by atoms with E-state index >= 15 is 0 Å². The number of piperidine rings is 1. The summed E-state index contributed by atoms with van der Waals surface area (Å²) in [5.41, 5.74) is 1.60. The third-order valence-electron chi connectivity index (χ3n) is 6.21. The number of methoxy groups -OCH3 is 2. The normalized spacial score (nSPS) is 26.3. The van der Waals surface area contributed by atoms with Crippen LogP contribution in [0.25, 0.3) is 0 Å². The molecular weight excluding hydrogens is 326 g/mol. The minimum absolute atomic E-state index is 0.356. The molecule has 26 heavy (non-hydrogen) atoms. The van der Waals surface area contributed by atoms with Gasteiger partial charge in [-0.05, 0) is 44.7 Å². The molecule has 1 saturated carbocycles. The lowest BCUT2D eigenvalue weighted by atomic mass is 9.76. The summed E-state index contributed by atoms with van der Waals surface area (Å²) in [4.78, 5) is 2.60. The van der Waals surface area contributed by atoms with Crippen molar-refractivity contribution in [2.45, 2.75) is 64.5 Å². The summed E-state index contributed by atoms with van der Waals surface area (Å²) in [5.74, 6) is 1.78. The number of likely N-dealkylation sites (tertiary alicyclic amines) is 1. The maximum Gasteiger partial charge on any atom is 0.165 e. The van der Waals surface area contributed by atoms with E-state index in [1.54, 1.807) is 7.11 Å². The van der Waals surface area contributed by atoms with Crippen LogP contribution in [-0.2, 0) is 11.3 Å². The molecule has 4 nitrogen and oxygen atoms in total. The van der Waals surface area contributed by atoms with Gasteiger partial charge in [-0.15, -0.1) is 0 Å². The van der Waals surface area contributed by atoms with Gasteiger partial charge in [0, 0.05) is 31.2 Å². The second-order valence-corrected chi connectivity index (χ2v) is 7.94. The number of unbranched alkanes of at least 4 members (excludes halogenated alkanes) is 1. The second-order valence-electron chi connectivity index (χ2n) is 7.94. The maximum absolute atomic E-state index is 6.12. The van der Waals surface area contributed by atoms with Crippen LogP contribution < -0.4 is 9.47 Å². The number of hydrogen-bond acceptors (Lipinski definition) is 4. The zero-order valence-electron chi connectivity index (χ0n) is 16.8. The van der Waals surface area contributed by atoms with E-state index in [1.807, 2.05) is 13.2 Å². The molecule has 1 aliphatic heterocycles. The van der Waals surface area contributed by atoms with Gasteiger partial charge in [-0.3, -0.25) is 4.90 Å². The Labute approximate surface area is 158 Å². The van der Waals surface area contributed by atoms with Crippen LogP contribution in [0.4, 0.5) is 0 Å². The first kappa shape index (κ1) is 19.5. The van der Waals surface area contributed by atoms with E-state index in [1.165, 1.54) is 37.7 Å². The van der Waals surface area contributed by atoms with Crippen LogP contribution in [0.5, 0.6) is 11.5 Å². The third kappa shape index (κ3) is 4.17. The van der Waals surface area contributed by atoms with E-state index in [-0.39, 0.29) is 0 Å². The minimum atomic E-state index is 0.356. The molecular formula is C22H35NO3. The SMILES string of the molecule is CCCCOc1c(CN2CCC[C@@]3(CCC[C@H]3OC)C2)cccc1OC. The standard InChI is InChI=1S/C22H35NO3/c1-4-5-15-26-21-18(9-6-10-19(21)24-2)16-23-14-8-13-22(17-23)12-7-11-20(22)25-3/h6,9-10,20H,4-5,7-8,11-17H2,1-3H3/t20-,22+/m1/s1. The molecule has 2 atom stereocenters. The highest BCUT2D eigenvalue weighted by Crippen LogP contribution is 2.47. The summed E-state index contributed by atoms with van der Waals surface area (Å²) in [7, 11) is 3.61. The van der Waals surface area contributed by atoms with Gasteiger partial charge in [-0.2, -0.15) is 0 Å². The number of rotatable bonds is 8. The van der Waals surface area contributed by atoms with Crippen molar-refractivity contribution in [2.75, 3.05) is 33.9 Å². The number of para-hydroxylation sites is 1. The van der Waals surface area contributed by atoms with E-state index in [4.69, 9.17) is 14.2 Å². The van der Waals surface area contributed by atoms with Gasteiger partial charge in [-0.25, -0.2) is 0 Å². The fraction of sp³-hybridized carbons (Fsp3) is 0.727. The lowest BCUT2D eigenvalue weighted by Crippen LogP contribution is -2.47. The smallest absolute Gasteiger partial charge is 0.165 e. The Morgan fingerprint density at radius 1 is 1.19 bits per heavy atom. The molecule has 1 aromatic rings. The van der Waals surface area contributed by atoms with Crippen LogP contribution in [-0.4, -0.2) is 44.9 Å². The molecule has 3 rings (SSSR count). The Hall–Kier alpha value is -1.26. The summed E-state index contributed by atoms with van der Waals surface area (Å²) in [5, 5.41) is 0. The van der Waals surface area contributed by atoms with E-state index in [2.05, 4.69) is 24.0 Å². The highest BCUT2D eigenvalue weighted by Gasteiger charge is 2.45. The molecule has 0 aromatic heterocycles. The van der Waals surface area contributed by atoms with Crippen molar-refractivity contribution in [1.29, 1.82) is 0 Å². The molecule has 2 aliphatic rings. The van der Waals surface area contributed by atoms with Crippen LogP contribution in [0.3, 0.4) is 0 Å². The highest BCUT2D eigenvalue weighted by atomic mass is 16.5. The summed E-state index contributed by atoms with van der Waals surface area (Å²) in [6.07, 6.45) is 9.02. The monoisotopic (exact) mass is 361 g/mol. The van der Waals surface area contributed by atoms with Crippen molar-refractivity contribution < 1.29 is 14.2 Å². The van der Waals surface area contributed by atoms with Gasteiger partial charge < -0.3 is 14.2 Å². The quantitative estimate of drug-likeness (QED) is 0.630. The van der Waals surface area contributed by atoms with Crippen molar-refractivity contribution in [3.63, 3.8) is 0 Å². The Balaban J connectivity index is 1.73. The number of hydrogen-bond donors (Lipinski definition) is 0.